The van der Waals surface area contributed by atoms with Crippen molar-refractivity contribution >= 4 is 29.1 Å². The van der Waals surface area contributed by atoms with Crippen molar-refractivity contribution in [2.45, 2.75) is 13.5 Å². The summed E-state index contributed by atoms with van der Waals surface area (Å²) in [5, 5.41) is 3.32. The Kier molecular flexibility index (Phi) is 8.91. The van der Waals surface area contributed by atoms with Crippen LogP contribution in [-0.2, 0) is 20.8 Å². The molecule has 178 valence electrons. The third-order valence-electron chi connectivity index (χ3n) is 5.32. The highest BCUT2D eigenvalue weighted by Gasteiger charge is 2.21. The number of hydrogen-bond acceptors (Lipinski definition) is 8. The van der Waals surface area contributed by atoms with Crippen molar-refractivity contribution in [1.82, 2.24) is 9.80 Å². The van der Waals surface area contributed by atoms with Gasteiger partial charge in [-0.25, -0.2) is 9.59 Å². The maximum Gasteiger partial charge on any atom is 0.409 e. The number of hydrogen-bond donors (Lipinski definition) is 2. The quantitative estimate of drug-likeness (QED) is 0.337. The van der Waals surface area contributed by atoms with Gasteiger partial charge in [0.2, 0.25) is 0 Å². The van der Waals surface area contributed by atoms with Crippen LogP contribution in [0.5, 0.6) is 0 Å². The molecule has 1 aliphatic rings. The number of benzene rings is 2. The topological polar surface area (TPSA) is 106 Å². The van der Waals surface area contributed by atoms with E-state index in [0.29, 0.717) is 43.2 Å². The Morgan fingerprint density at radius 3 is 2.52 bits per heavy atom. The summed E-state index contributed by atoms with van der Waals surface area (Å²) in [4.78, 5) is 28.0. The number of carbonyl (C=O) groups is 2. The highest BCUT2D eigenvalue weighted by Crippen LogP contribution is 2.25. The molecule has 0 unspecified atom stereocenters. The minimum absolute atomic E-state index is 0.194. The number of rotatable bonds is 9. The molecule has 33 heavy (non-hydrogen) atoms. The van der Waals surface area contributed by atoms with E-state index in [2.05, 4.69) is 22.3 Å². The molecule has 2 aromatic rings. The van der Waals surface area contributed by atoms with Crippen molar-refractivity contribution in [3.05, 3.63) is 53.6 Å². The summed E-state index contributed by atoms with van der Waals surface area (Å²) in [5.74, 6) is -0.435. The highest BCUT2D eigenvalue weighted by atomic mass is 16.6. The van der Waals surface area contributed by atoms with Crippen molar-refractivity contribution < 1.29 is 23.8 Å². The van der Waals surface area contributed by atoms with Gasteiger partial charge in [0.15, 0.2) is 0 Å². The monoisotopic (exact) mass is 456 g/mol. The maximum atomic E-state index is 12.1. The van der Waals surface area contributed by atoms with Crippen LogP contribution in [0.1, 0.15) is 22.8 Å². The summed E-state index contributed by atoms with van der Waals surface area (Å²) in [7, 11) is 1.55. The minimum atomic E-state index is -0.435. The Bertz CT molecular complexity index is 944. The molecule has 0 spiro atoms. The fraction of sp³-hybridized carbons (Fsp3) is 0.417. The number of carbonyl (C=O) groups excluding carboxylic acids is 2. The van der Waals surface area contributed by atoms with Crippen LogP contribution in [0.25, 0.3) is 0 Å². The van der Waals surface area contributed by atoms with Gasteiger partial charge in [0, 0.05) is 45.5 Å². The number of nitrogens with one attached hydrogen (secondary N) is 1. The lowest BCUT2D eigenvalue weighted by Crippen LogP contribution is -2.48. The van der Waals surface area contributed by atoms with Crippen molar-refractivity contribution in [2.75, 3.05) is 64.2 Å². The standard InChI is InChI=1S/C24H32N4O5/c1-3-32-24(30)28-11-9-27(10-12-28)17-18-5-4-6-20(15-18)26-22-8-7-19(16-21(22)25)23(29)33-14-13-31-2/h4-8,15-16,26H,3,9-14,17,25H2,1-2H3. The van der Waals surface area contributed by atoms with Crippen LogP contribution in [0.2, 0.25) is 0 Å². The van der Waals surface area contributed by atoms with E-state index in [1.165, 1.54) is 0 Å². The molecule has 0 atom stereocenters. The van der Waals surface area contributed by atoms with Gasteiger partial charge in [0.1, 0.15) is 6.61 Å². The molecule has 2 aromatic carbocycles. The molecule has 3 N–H and O–H groups in total. The second kappa shape index (κ2) is 12.1. The lowest BCUT2D eigenvalue weighted by molar-refractivity contribution is 0.0388. The predicted molar refractivity (Wildman–Crippen MR) is 127 cm³/mol. The van der Waals surface area contributed by atoms with Crippen LogP contribution in [0, 0.1) is 0 Å². The van der Waals surface area contributed by atoms with Gasteiger partial charge in [-0.15, -0.1) is 0 Å². The van der Waals surface area contributed by atoms with Crippen LogP contribution in [0.4, 0.5) is 21.9 Å². The van der Waals surface area contributed by atoms with Crippen molar-refractivity contribution in [3.8, 4) is 0 Å². The molecule has 1 saturated heterocycles. The number of esters is 1. The van der Waals surface area contributed by atoms with Crippen LogP contribution < -0.4 is 11.1 Å². The first-order valence-corrected chi connectivity index (χ1v) is 11.1. The zero-order chi connectivity index (χ0) is 23.6. The number of nitrogens with two attached hydrogens (primary N) is 1. The zero-order valence-electron chi connectivity index (χ0n) is 19.2. The number of methoxy groups -OCH3 is 1. The van der Waals surface area contributed by atoms with Crippen LogP contribution in [0.15, 0.2) is 42.5 Å². The zero-order valence-corrected chi connectivity index (χ0v) is 19.2. The number of nitrogen functional groups attached to an aromatic ring is 1. The molecule has 9 heteroatoms. The van der Waals surface area contributed by atoms with Crippen LogP contribution in [0.3, 0.4) is 0 Å². The van der Waals surface area contributed by atoms with Gasteiger partial charge in [-0.3, -0.25) is 4.90 Å². The van der Waals surface area contributed by atoms with E-state index in [1.54, 1.807) is 30.2 Å². The summed E-state index contributed by atoms with van der Waals surface area (Å²) in [5.41, 5.74) is 9.78. The molecule has 0 saturated carbocycles. The Morgan fingerprint density at radius 1 is 1.03 bits per heavy atom. The van der Waals surface area contributed by atoms with Gasteiger partial charge in [0.05, 0.1) is 30.2 Å². The summed E-state index contributed by atoms with van der Waals surface area (Å²) in [6, 6.07) is 13.2. The van der Waals surface area contributed by atoms with E-state index in [4.69, 9.17) is 19.9 Å². The molecule has 3 rings (SSSR count). The highest BCUT2D eigenvalue weighted by molar-refractivity contribution is 5.92. The number of nitrogens with zero attached hydrogens (tertiary/aromatic N) is 2. The largest absolute Gasteiger partial charge is 0.460 e. The van der Waals surface area contributed by atoms with Crippen molar-refractivity contribution in [3.63, 3.8) is 0 Å². The average molecular weight is 457 g/mol. The minimum Gasteiger partial charge on any atom is -0.460 e. The Morgan fingerprint density at radius 2 is 1.82 bits per heavy atom. The average Bonchev–Trinajstić information content (AvgIpc) is 2.81. The first-order valence-electron chi connectivity index (χ1n) is 11.1. The van der Waals surface area contributed by atoms with E-state index in [0.717, 1.165) is 30.9 Å². The van der Waals surface area contributed by atoms with Crippen LogP contribution >= 0.6 is 0 Å². The summed E-state index contributed by atoms with van der Waals surface area (Å²) >= 11 is 0. The van der Waals surface area contributed by atoms with E-state index in [1.807, 2.05) is 19.1 Å². The third-order valence-corrected chi connectivity index (χ3v) is 5.32. The van der Waals surface area contributed by atoms with Crippen molar-refractivity contribution in [2.24, 2.45) is 0 Å². The van der Waals surface area contributed by atoms with Gasteiger partial charge in [-0.2, -0.15) is 0 Å². The number of amides is 1. The predicted octanol–water partition coefficient (Wildman–Crippen LogP) is 3.09. The molecule has 0 aliphatic carbocycles. The molecule has 1 heterocycles. The number of anilines is 3. The second-order valence-electron chi connectivity index (χ2n) is 7.72. The van der Waals surface area contributed by atoms with E-state index in [-0.39, 0.29) is 12.7 Å². The normalized spacial score (nSPS) is 14.1. The molecule has 1 amide bonds. The van der Waals surface area contributed by atoms with Gasteiger partial charge < -0.3 is 30.2 Å². The fourth-order valence-corrected chi connectivity index (χ4v) is 3.57. The van der Waals surface area contributed by atoms with Crippen LogP contribution in [-0.4, -0.2) is 75.0 Å². The smallest absolute Gasteiger partial charge is 0.409 e. The Hall–Kier alpha value is -3.30. The third kappa shape index (κ3) is 7.10. The SMILES string of the molecule is CCOC(=O)N1CCN(Cc2cccc(Nc3ccc(C(=O)OCCOC)cc3N)c2)CC1. The molecular weight excluding hydrogens is 424 g/mol. The molecule has 1 aliphatic heterocycles. The van der Waals surface area contributed by atoms with Gasteiger partial charge in [0.25, 0.3) is 0 Å². The molecular formula is C24H32N4O5. The van der Waals surface area contributed by atoms with Gasteiger partial charge in [-0.05, 0) is 42.8 Å². The molecule has 0 bridgehead atoms. The van der Waals surface area contributed by atoms with Gasteiger partial charge in [-0.1, -0.05) is 12.1 Å². The summed E-state index contributed by atoms with van der Waals surface area (Å²) in [6.45, 7) is 6.45. The molecule has 1 fully saturated rings. The second-order valence-corrected chi connectivity index (χ2v) is 7.72. The number of ether oxygens (including phenoxy) is 3. The summed E-state index contributed by atoms with van der Waals surface area (Å²) < 4.78 is 15.1. The first-order chi connectivity index (χ1) is 16.0. The Balaban J connectivity index is 1.56. The Labute approximate surface area is 194 Å². The molecule has 0 radical (unpaired) electrons. The molecule has 9 nitrogen and oxygen atoms in total. The fourth-order valence-electron chi connectivity index (χ4n) is 3.57. The van der Waals surface area contributed by atoms with Crippen molar-refractivity contribution in [1.29, 1.82) is 0 Å². The maximum absolute atomic E-state index is 12.1. The van der Waals surface area contributed by atoms with Gasteiger partial charge >= 0.3 is 12.1 Å². The summed E-state index contributed by atoms with van der Waals surface area (Å²) in [6.07, 6.45) is -0.241. The van der Waals surface area contributed by atoms with E-state index in [9.17, 15) is 9.59 Å². The van der Waals surface area contributed by atoms with E-state index < -0.39 is 5.97 Å². The van der Waals surface area contributed by atoms with E-state index >= 15 is 0 Å². The number of piperazine rings is 1. The first kappa shape index (κ1) is 24.3. The lowest BCUT2D eigenvalue weighted by atomic mass is 10.1. The lowest BCUT2D eigenvalue weighted by Gasteiger charge is -2.34. The molecule has 0 aromatic heterocycles.